The maximum atomic E-state index is 13.2. The van der Waals surface area contributed by atoms with Gasteiger partial charge in [0.1, 0.15) is 17.4 Å². The maximum Gasteiger partial charge on any atom is 0.259 e. The second-order valence-electron chi connectivity index (χ2n) is 3.74. The minimum absolute atomic E-state index is 0.0670. The van der Waals surface area contributed by atoms with Crippen molar-refractivity contribution in [2.24, 2.45) is 0 Å². The van der Waals surface area contributed by atoms with Gasteiger partial charge in [0.05, 0.1) is 10.6 Å². The monoisotopic (exact) mass is 283 g/mol. The standard InChI is InChI=1S/C13H8ClF2NO2/c14-10-4-2-8(6-11(10)16)17-13(19)9-3-1-7(15)5-12(9)18/h1-6,18H,(H,17,19). The fourth-order valence-electron chi connectivity index (χ4n) is 1.47. The number of amides is 1. The Bertz CT molecular complexity index is 647. The third kappa shape index (κ3) is 3.00. The van der Waals surface area contributed by atoms with Crippen LogP contribution in [0.4, 0.5) is 14.5 Å². The lowest BCUT2D eigenvalue weighted by Crippen LogP contribution is -2.12. The smallest absolute Gasteiger partial charge is 0.259 e. The van der Waals surface area contributed by atoms with Crippen LogP contribution in [0.3, 0.4) is 0 Å². The first kappa shape index (κ1) is 13.3. The van der Waals surface area contributed by atoms with Crippen molar-refractivity contribution in [2.45, 2.75) is 0 Å². The van der Waals surface area contributed by atoms with Crippen molar-refractivity contribution in [3.05, 3.63) is 58.6 Å². The Labute approximate surface area is 112 Å². The number of hydrogen-bond acceptors (Lipinski definition) is 2. The number of carbonyl (C=O) groups excluding carboxylic acids is 1. The van der Waals surface area contributed by atoms with Crippen LogP contribution in [0.15, 0.2) is 36.4 Å². The third-order valence-corrected chi connectivity index (χ3v) is 2.69. The molecule has 3 nitrogen and oxygen atoms in total. The molecule has 0 atom stereocenters. The van der Waals surface area contributed by atoms with E-state index in [2.05, 4.69) is 5.32 Å². The van der Waals surface area contributed by atoms with Crippen molar-refractivity contribution in [3.63, 3.8) is 0 Å². The predicted molar refractivity (Wildman–Crippen MR) is 67.4 cm³/mol. The minimum Gasteiger partial charge on any atom is -0.507 e. The van der Waals surface area contributed by atoms with Crippen LogP contribution in [0.2, 0.25) is 5.02 Å². The van der Waals surface area contributed by atoms with Gasteiger partial charge in [0.25, 0.3) is 5.91 Å². The lowest BCUT2D eigenvalue weighted by Gasteiger charge is -2.07. The maximum absolute atomic E-state index is 13.2. The van der Waals surface area contributed by atoms with Crippen LogP contribution in [-0.2, 0) is 0 Å². The Morgan fingerprint density at radius 2 is 1.89 bits per heavy atom. The molecular weight excluding hydrogens is 276 g/mol. The van der Waals surface area contributed by atoms with Crippen LogP contribution < -0.4 is 5.32 Å². The van der Waals surface area contributed by atoms with Gasteiger partial charge in [-0.25, -0.2) is 8.78 Å². The van der Waals surface area contributed by atoms with Gasteiger partial charge in [-0.3, -0.25) is 4.79 Å². The molecule has 0 aliphatic carbocycles. The van der Waals surface area contributed by atoms with Gasteiger partial charge in [-0.1, -0.05) is 11.6 Å². The van der Waals surface area contributed by atoms with E-state index in [1.165, 1.54) is 12.1 Å². The molecule has 19 heavy (non-hydrogen) atoms. The number of benzene rings is 2. The molecule has 0 saturated heterocycles. The molecule has 0 aliphatic heterocycles. The van der Waals surface area contributed by atoms with Crippen LogP contribution in [-0.4, -0.2) is 11.0 Å². The Hall–Kier alpha value is -2.14. The van der Waals surface area contributed by atoms with Crippen LogP contribution in [0.5, 0.6) is 5.75 Å². The number of rotatable bonds is 2. The molecule has 0 aromatic heterocycles. The van der Waals surface area contributed by atoms with Crippen LogP contribution in [0.25, 0.3) is 0 Å². The number of phenolic OH excluding ortho intramolecular Hbond substituents is 1. The Balaban J connectivity index is 2.23. The summed E-state index contributed by atoms with van der Waals surface area (Å²) in [5.74, 6) is -2.51. The molecule has 6 heteroatoms. The molecule has 2 rings (SSSR count). The number of carbonyl (C=O) groups is 1. The molecule has 0 saturated carbocycles. The molecule has 2 aromatic carbocycles. The first-order chi connectivity index (χ1) is 8.97. The van der Waals surface area contributed by atoms with Crippen molar-refractivity contribution < 1.29 is 18.7 Å². The van der Waals surface area contributed by atoms with Crippen LogP contribution >= 0.6 is 11.6 Å². The zero-order valence-electron chi connectivity index (χ0n) is 9.45. The zero-order chi connectivity index (χ0) is 14.0. The molecule has 2 N–H and O–H groups in total. The average Bonchev–Trinajstić information content (AvgIpc) is 2.33. The normalized spacial score (nSPS) is 10.3. The van der Waals surface area contributed by atoms with E-state index in [1.54, 1.807) is 0 Å². The molecule has 0 unspecified atom stereocenters. The van der Waals surface area contributed by atoms with Gasteiger partial charge >= 0.3 is 0 Å². The van der Waals surface area contributed by atoms with Crippen molar-refractivity contribution >= 4 is 23.2 Å². The highest BCUT2D eigenvalue weighted by molar-refractivity contribution is 6.30. The lowest BCUT2D eigenvalue weighted by molar-refractivity contribution is 0.102. The predicted octanol–water partition coefficient (Wildman–Crippen LogP) is 3.58. The fourth-order valence-corrected chi connectivity index (χ4v) is 1.59. The molecule has 0 fully saturated rings. The summed E-state index contributed by atoms with van der Waals surface area (Å²) in [6.45, 7) is 0. The number of nitrogens with one attached hydrogen (secondary N) is 1. The van der Waals surface area contributed by atoms with Crippen LogP contribution in [0, 0.1) is 11.6 Å². The van der Waals surface area contributed by atoms with E-state index < -0.39 is 23.3 Å². The van der Waals surface area contributed by atoms with Gasteiger partial charge in [-0.15, -0.1) is 0 Å². The zero-order valence-corrected chi connectivity index (χ0v) is 10.2. The summed E-state index contributed by atoms with van der Waals surface area (Å²) in [6, 6.07) is 6.72. The summed E-state index contributed by atoms with van der Waals surface area (Å²) in [4.78, 5) is 11.8. The summed E-state index contributed by atoms with van der Waals surface area (Å²) < 4.78 is 26.0. The second-order valence-corrected chi connectivity index (χ2v) is 4.15. The van der Waals surface area contributed by atoms with E-state index in [9.17, 15) is 18.7 Å². The second kappa shape index (κ2) is 5.24. The summed E-state index contributed by atoms with van der Waals surface area (Å²) >= 11 is 5.51. The van der Waals surface area contributed by atoms with Crippen molar-refractivity contribution in [3.8, 4) is 5.75 Å². The highest BCUT2D eigenvalue weighted by atomic mass is 35.5. The molecular formula is C13H8ClF2NO2. The molecule has 98 valence electrons. The average molecular weight is 284 g/mol. The van der Waals surface area contributed by atoms with E-state index in [-0.39, 0.29) is 16.3 Å². The van der Waals surface area contributed by atoms with Crippen LogP contribution in [0.1, 0.15) is 10.4 Å². The topological polar surface area (TPSA) is 49.3 Å². The number of phenols is 1. The van der Waals surface area contributed by atoms with E-state index >= 15 is 0 Å². The molecule has 1 amide bonds. The first-order valence-electron chi connectivity index (χ1n) is 5.22. The third-order valence-electron chi connectivity index (χ3n) is 2.38. The fraction of sp³-hybridized carbons (Fsp3) is 0. The number of hydrogen-bond donors (Lipinski definition) is 2. The Morgan fingerprint density at radius 3 is 2.53 bits per heavy atom. The van der Waals surface area contributed by atoms with E-state index in [1.807, 2.05) is 0 Å². The Morgan fingerprint density at radius 1 is 1.16 bits per heavy atom. The summed E-state index contributed by atoms with van der Waals surface area (Å²) in [7, 11) is 0. The molecule has 2 aromatic rings. The van der Waals surface area contributed by atoms with Gasteiger partial charge in [0.2, 0.25) is 0 Å². The molecule has 0 radical (unpaired) electrons. The highest BCUT2D eigenvalue weighted by Gasteiger charge is 2.12. The van der Waals surface area contributed by atoms with Gasteiger partial charge in [-0.2, -0.15) is 0 Å². The van der Waals surface area contributed by atoms with Crippen molar-refractivity contribution in [1.29, 1.82) is 0 Å². The SMILES string of the molecule is O=C(Nc1ccc(Cl)c(F)c1)c1ccc(F)cc1O. The molecule has 0 spiro atoms. The number of halogens is 3. The lowest BCUT2D eigenvalue weighted by atomic mass is 10.1. The molecule has 0 heterocycles. The molecule has 0 aliphatic rings. The van der Waals surface area contributed by atoms with Gasteiger partial charge in [0, 0.05) is 11.8 Å². The van der Waals surface area contributed by atoms with E-state index in [0.29, 0.717) is 0 Å². The van der Waals surface area contributed by atoms with Gasteiger partial charge in [0.15, 0.2) is 0 Å². The van der Waals surface area contributed by atoms with Gasteiger partial charge in [-0.05, 0) is 30.3 Å². The summed E-state index contributed by atoms with van der Waals surface area (Å²) in [5, 5.41) is 11.7. The van der Waals surface area contributed by atoms with Crippen molar-refractivity contribution in [1.82, 2.24) is 0 Å². The minimum atomic E-state index is -0.681. The molecule has 0 bridgehead atoms. The number of anilines is 1. The summed E-state index contributed by atoms with van der Waals surface area (Å²) in [5.41, 5.74) is 0.0624. The highest BCUT2D eigenvalue weighted by Crippen LogP contribution is 2.22. The summed E-state index contributed by atoms with van der Waals surface area (Å²) in [6.07, 6.45) is 0. The largest absolute Gasteiger partial charge is 0.507 e. The first-order valence-corrected chi connectivity index (χ1v) is 5.60. The Kier molecular flexibility index (Phi) is 3.66. The van der Waals surface area contributed by atoms with E-state index in [0.717, 1.165) is 24.3 Å². The number of aromatic hydroxyl groups is 1. The van der Waals surface area contributed by atoms with Gasteiger partial charge < -0.3 is 10.4 Å². The quantitative estimate of drug-likeness (QED) is 0.885. The van der Waals surface area contributed by atoms with E-state index in [4.69, 9.17) is 11.6 Å². The van der Waals surface area contributed by atoms with Crippen molar-refractivity contribution in [2.75, 3.05) is 5.32 Å².